The molecule has 0 radical (unpaired) electrons. The first-order valence-electron chi connectivity index (χ1n) is 13.4. The van der Waals surface area contributed by atoms with Crippen molar-refractivity contribution < 1.29 is 19.1 Å². The maximum Gasteiger partial charge on any atom is 0.408 e. The van der Waals surface area contributed by atoms with Gasteiger partial charge in [-0.05, 0) is 83.6 Å². The Morgan fingerprint density at radius 1 is 0.947 bits per heavy atom. The van der Waals surface area contributed by atoms with Gasteiger partial charge in [0.1, 0.15) is 17.7 Å². The summed E-state index contributed by atoms with van der Waals surface area (Å²) >= 11 is 0. The van der Waals surface area contributed by atoms with E-state index in [4.69, 9.17) is 4.74 Å². The number of para-hydroxylation sites is 1. The molecule has 0 aliphatic heterocycles. The molecule has 0 aromatic heterocycles. The van der Waals surface area contributed by atoms with Gasteiger partial charge in [0, 0.05) is 12.2 Å². The summed E-state index contributed by atoms with van der Waals surface area (Å²) in [4.78, 5) is 42.5. The highest BCUT2D eigenvalue weighted by Gasteiger charge is 2.38. The normalized spacial score (nSPS) is 13.7. The Morgan fingerprint density at radius 3 is 2.08 bits per heavy atom. The van der Waals surface area contributed by atoms with Gasteiger partial charge in [0.25, 0.3) is 5.91 Å². The average Bonchev–Trinajstić information content (AvgIpc) is 2.83. The number of amides is 3. The van der Waals surface area contributed by atoms with Gasteiger partial charge in [0.05, 0.1) is 0 Å². The van der Waals surface area contributed by atoms with E-state index in [0.717, 1.165) is 33.5 Å². The highest BCUT2D eigenvalue weighted by Crippen LogP contribution is 2.30. The molecule has 38 heavy (non-hydrogen) atoms. The van der Waals surface area contributed by atoms with Crippen LogP contribution in [0.15, 0.2) is 36.4 Å². The van der Waals surface area contributed by atoms with Crippen molar-refractivity contribution in [3.8, 4) is 0 Å². The van der Waals surface area contributed by atoms with Crippen LogP contribution in [0.3, 0.4) is 0 Å². The number of rotatable bonds is 9. The molecule has 208 valence electrons. The predicted molar refractivity (Wildman–Crippen MR) is 153 cm³/mol. The van der Waals surface area contributed by atoms with Crippen LogP contribution >= 0.6 is 0 Å². The van der Waals surface area contributed by atoms with Crippen LogP contribution in [0.4, 0.5) is 10.5 Å². The number of hydrogen-bond acceptors (Lipinski definition) is 4. The molecule has 3 unspecified atom stereocenters. The van der Waals surface area contributed by atoms with E-state index in [1.165, 1.54) is 0 Å². The number of alkyl carbamates (subject to hydrolysis) is 1. The first-order valence-corrected chi connectivity index (χ1v) is 13.4. The summed E-state index contributed by atoms with van der Waals surface area (Å²) in [6.07, 6.45) is 0.00226. The molecule has 7 heteroatoms. The zero-order valence-electron chi connectivity index (χ0n) is 24.7. The molecule has 2 N–H and O–H groups in total. The number of ether oxygens (including phenoxy) is 1. The summed E-state index contributed by atoms with van der Waals surface area (Å²) in [6, 6.07) is 10.0. The highest BCUT2D eigenvalue weighted by molar-refractivity contribution is 6.00. The van der Waals surface area contributed by atoms with Gasteiger partial charge < -0.3 is 20.3 Å². The van der Waals surface area contributed by atoms with E-state index in [2.05, 4.69) is 10.6 Å². The van der Waals surface area contributed by atoms with Crippen LogP contribution in [-0.4, -0.2) is 41.0 Å². The van der Waals surface area contributed by atoms with Crippen LogP contribution in [0.25, 0.3) is 0 Å². The Hall–Kier alpha value is -3.35. The van der Waals surface area contributed by atoms with Crippen molar-refractivity contribution >= 4 is 23.6 Å². The molecule has 0 bridgehead atoms. The second-order valence-corrected chi connectivity index (χ2v) is 11.2. The second-order valence-electron chi connectivity index (χ2n) is 11.2. The third kappa shape index (κ3) is 7.83. The molecular formula is C31H45N3O4. The first kappa shape index (κ1) is 30.9. The molecule has 2 aromatic rings. The monoisotopic (exact) mass is 523 g/mol. The van der Waals surface area contributed by atoms with E-state index >= 15 is 0 Å². The van der Waals surface area contributed by atoms with Crippen LogP contribution in [0.1, 0.15) is 81.8 Å². The number of nitrogens with one attached hydrogen (secondary N) is 2. The van der Waals surface area contributed by atoms with Crippen LogP contribution in [0, 0.1) is 33.6 Å². The Labute approximate surface area is 228 Å². The molecule has 0 spiro atoms. The molecule has 0 aliphatic carbocycles. The Balaban J connectivity index is 2.58. The number of likely N-dealkylation sites (N-methyl/N-ethyl adjacent to an activating group) is 1. The molecule has 0 saturated heterocycles. The summed E-state index contributed by atoms with van der Waals surface area (Å²) < 4.78 is 5.46. The maximum atomic E-state index is 14.2. The number of nitrogens with zero attached hydrogens (tertiary/aromatic N) is 1. The topological polar surface area (TPSA) is 87.7 Å². The van der Waals surface area contributed by atoms with Gasteiger partial charge in [-0.1, -0.05) is 62.2 Å². The van der Waals surface area contributed by atoms with Crippen molar-refractivity contribution in [1.82, 2.24) is 10.2 Å². The molecule has 3 atom stereocenters. The average molecular weight is 524 g/mol. The van der Waals surface area contributed by atoms with Crippen molar-refractivity contribution in [3.63, 3.8) is 0 Å². The van der Waals surface area contributed by atoms with Crippen LogP contribution in [-0.2, 0) is 14.3 Å². The van der Waals surface area contributed by atoms with Gasteiger partial charge in [0.15, 0.2) is 0 Å². The molecule has 2 rings (SSSR count). The minimum absolute atomic E-state index is 0.176. The number of anilines is 1. The molecule has 7 nitrogen and oxygen atoms in total. The lowest BCUT2D eigenvalue weighted by molar-refractivity contribution is -0.141. The van der Waals surface area contributed by atoms with Crippen molar-refractivity contribution in [2.45, 2.75) is 93.3 Å². The Kier molecular flexibility index (Phi) is 10.5. The minimum Gasteiger partial charge on any atom is -0.444 e. The highest BCUT2D eigenvalue weighted by atomic mass is 16.6. The van der Waals surface area contributed by atoms with E-state index in [1.807, 2.05) is 84.9 Å². The quantitative estimate of drug-likeness (QED) is 0.399. The van der Waals surface area contributed by atoms with Crippen molar-refractivity contribution in [1.29, 1.82) is 0 Å². The number of carbonyl (C=O) groups is 3. The SMILES string of the molecule is CCC(C)C(NC(=O)OC(C)(C)C)C(=O)N(CC)C(C(=O)Nc1c(C)cccc1C)c1cc(C)ccc1C. The first-order chi connectivity index (χ1) is 17.7. The largest absolute Gasteiger partial charge is 0.444 e. The predicted octanol–water partition coefficient (Wildman–Crippen LogP) is 6.39. The fraction of sp³-hybridized carbons (Fsp3) is 0.516. The summed E-state index contributed by atoms with van der Waals surface area (Å²) in [5, 5.41) is 5.90. The number of hydrogen-bond donors (Lipinski definition) is 2. The van der Waals surface area contributed by atoms with Gasteiger partial charge in [-0.2, -0.15) is 0 Å². The summed E-state index contributed by atoms with van der Waals surface area (Å²) in [6.45, 7) is 19.1. The van der Waals surface area contributed by atoms with Crippen molar-refractivity contribution in [2.24, 2.45) is 5.92 Å². The lowest BCUT2D eigenvalue weighted by atomic mass is 9.93. The van der Waals surface area contributed by atoms with Crippen molar-refractivity contribution in [2.75, 3.05) is 11.9 Å². The van der Waals surface area contributed by atoms with E-state index in [0.29, 0.717) is 6.42 Å². The van der Waals surface area contributed by atoms with Crippen molar-refractivity contribution in [3.05, 3.63) is 64.2 Å². The summed E-state index contributed by atoms with van der Waals surface area (Å²) in [5.41, 5.74) is 4.57. The zero-order chi connectivity index (χ0) is 28.8. The molecule has 0 aliphatic rings. The van der Waals surface area contributed by atoms with E-state index in [-0.39, 0.29) is 24.3 Å². The van der Waals surface area contributed by atoms with E-state index in [1.54, 1.807) is 25.7 Å². The Morgan fingerprint density at radius 2 is 1.55 bits per heavy atom. The van der Waals surface area contributed by atoms with E-state index in [9.17, 15) is 14.4 Å². The Bertz CT molecular complexity index is 1130. The lowest BCUT2D eigenvalue weighted by Gasteiger charge is -2.36. The molecule has 0 saturated carbocycles. The fourth-order valence-electron chi connectivity index (χ4n) is 4.47. The van der Waals surface area contributed by atoms with Gasteiger partial charge in [-0.15, -0.1) is 0 Å². The van der Waals surface area contributed by atoms with Gasteiger partial charge in [-0.3, -0.25) is 9.59 Å². The van der Waals surface area contributed by atoms with Gasteiger partial charge in [-0.25, -0.2) is 4.79 Å². The van der Waals surface area contributed by atoms with Crippen LogP contribution in [0.5, 0.6) is 0 Å². The maximum absolute atomic E-state index is 14.2. The number of aryl methyl sites for hydroxylation is 4. The third-order valence-corrected chi connectivity index (χ3v) is 6.79. The summed E-state index contributed by atoms with van der Waals surface area (Å²) in [5.74, 6) is -0.799. The molecule has 3 amide bonds. The molecule has 0 heterocycles. The number of benzene rings is 2. The molecule has 0 fully saturated rings. The van der Waals surface area contributed by atoms with Crippen LogP contribution < -0.4 is 10.6 Å². The second kappa shape index (κ2) is 12.9. The molecular weight excluding hydrogens is 478 g/mol. The third-order valence-electron chi connectivity index (χ3n) is 6.79. The van der Waals surface area contributed by atoms with Crippen LogP contribution in [0.2, 0.25) is 0 Å². The summed E-state index contributed by atoms with van der Waals surface area (Å²) in [7, 11) is 0. The molecule has 2 aromatic carbocycles. The van der Waals surface area contributed by atoms with E-state index < -0.39 is 23.8 Å². The standard InChI is InChI=1S/C31H45N3O4/c1-11-20(4)26(33-30(37)38-31(8,9)10)29(36)34(12-2)27(24-18-19(3)16-17-21(24)5)28(35)32-25-22(6)14-13-15-23(25)7/h13-18,20,26-27H,11-12H2,1-10H3,(H,32,35)(H,33,37). The minimum atomic E-state index is -0.890. The lowest BCUT2D eigenvalue weighted by Crippen LogP contribution is -2.54. The smallest absolute Gasteiger partial charge is 0.408 e. The van der Waals surface area contributed by atoms with Gasteiger partial charge >= 0.3 is 6.09 Å². The number of carbonyl (C=O) groups excluding carboxylic acids is 3. The zero-order valence-corrected chi connectivity index (χ0v) is 24.7. The fourth-order valence-corrected chi connectivity index (χ4v) is 4.47. The van der Waals surface area contributed by atoms with Gasteiger partial charge in [0.2, 0.25) is 5.91 Å².